The van der Waals surface area contributed by atoms with Crippen molar-refractivity contribution in [2.24, 2.45) is 0 Å². The molecule has 0 aromatic heterocycles. The first kappa shape index (κ1) is 24.6. The predicted molar refractivity (Wildman–Crippen MR) is 112 cm³/mol. The van der Waals surface area contributed by atoms with Gasteiger partial charge in [-0.3, -0.25) is 0 Å². The van der Waals surface area contributed by atoms with Gasteiger partial charge in [0.15, 0.2) is 0 Å². The van der Waals surface area contributed by atoms with Crippen molar-refractivity contribution in [3.05, 3.63) is 84.1 Å². The Hall–Kier alpha value is -2.68. The van der Waals surface area contributed by atoms with Crippen LogP contribution in [-0.4, -0.2) is 17.3 Å². The molecule has 2 aromatic carbocycles. The van der Waals surface area contributed by atoms with Gasteiger partial charge in [0.25, 0.3) is 0 Å². The molecule has 0 aliphatic carbocycles. The van der Waals surface area contributed by atoms with E-state index in [9.17, 15) is 10.2 Å². The highest BCUT2D eigenvalue weighted by atomic mass is 16.3. The molecule has 3 nitrogen and oxygen atoms in total. The lowest BCUT2D eigenvalue weighted by Crippen LogP contribution is -1.95. The molecule has 0 atom stereocenters. The number of allylic oxidation sites excluding steroid dienone is 1. The molecule has 3 N–H and O–H groups in total. The van der Waals surface area contributed by atoms with Crippen molar-refractivity contribution in [1.29, 1.82) is 0 Å². The zero-order chi connectivity index (χ0) is 19.5. The van der Waals surface area contributed by atoms with E-state index in [-0.39, 0.29) is 5.76 Å². The van der Waals surface area contributed by atoms with E-state index in [2.05, 4.69) is 5.32 Å². The minimum atomic E-state index is 0.258. The Morgan fingerprint density at radius 1 is 0.720 bits per heavy atom. The monoisotopic (exact) mass is 343 g/mol. The summed E-state index contributed by atoms with van der Waals surface area (Å²) in [7, 11) is 1.75. The molecule has 138 valence electrons. The van der Waals surface area contributed by atoms with Crippen LogP contribution in [0.3, 0.4) is 0 Å². The molecule has 2 aromatic rings. The van der Waals surface area contributed by atoms with E-state index in [4.69, 9.17) is 0 Å². The molecule has 25 heavy (non-hydrogen) atoms. The number of benzene rings is 2. The molecule has 0 unspecified atom stereocenters. The van der Waals surface area contributed by atoms with Crippen LogP contribution in [0.5, 0.6) is 0 Å². The third kappa shape index (κ3) is 11.5. The van der Waals surface area contributed by atoms with E-state index in [1.165, 1.54) is 0 Å². The Balaban J connectivity index is 0. The summed E-state index contributed by atoms with van der Waals surface area (Å²) in [6.45, 7) is 9.81. The van der Waals surface area contributed by atoms with Crippen LogP contribution < -0.4 is 5.32 Å². The van der Waals surface area contributed by atoms with E-state index in [1.807, 2.05) is 95.3 Å². The fraction of sp³-hybridized carbons (Fsp3) is 0.273. The summed E-state index contributed by atoms with van der Waals surface area (Å²) >= 11 is 0. The van der Waals surface area contributed by atoms with E-state index >= 15 is 0 Å². The highest BCUT2D eigenvalue weighted by Crippen LogP contribution is 2.09. The summed E-state index contributed by atoms with van der Waals surface area (Å²) in [5.41, 5.74) is 1.69. The molecule has 0 saturated carbocycles. The second kappa shape index (κ2) is 17.7. The standard InChI is InChI=1S/C9H11NO.C9H10O.2C2H6/c1-10-7-9(11)8-5-3-2-4-6-8;1-2-9(10)8-6-4-3-5-7-8;2*1-2/h2-7,10-11H,1H3;2-7,10H,1H3;2*1-2H3/b9-7-;9-2-;;. The van der Waals surface area contributed by atoms with Crippen molar-refractivity contribution in [2.75, 3.05) is 7.05 Å². The second-order valence-electron chi connectivity index (χ2n) is 4.22. The molecule has 0 saturated heterocycles. The maximum atomic E-state index is 9.32. The van der Waals surface area contributed by atoms with Crippen LogP contribution in [0.4, 0.5) is 0 Å². The Morgan fingerprint density at radius 2 is 1.08 bits per heavy atom. The lowest BCUT2D eigenvalue weighted by molar-refractivity contribution is 0.508. The van der Waals surface area contributed by atoms with Gasteiger partial charge < -0.3 is 15.5 Å². The SMILES string of the molecule is C/C=C(\O)c1ccccc1.CC.CC.CN/C=C(\O)c1ccccc1. The van der Waals surface area contributed by atoms with Crippen LogP contribution >= 0.6 is 0 Å². The average Bonchev–Trinajstić information content (AvgIpc) is 2.72. The summed E-state index contributed by atoms with van der Waals surface area (Å²) < 4.78 is 0. The molecular weight excluding hydrogens is 310 g/mol. The summed E-state index contributed by atoms with van der Waals surface area (Å²) in [4.78, 5) is 0. The number of hydrogen-bond acceptors (Lipinski definition) is 3. The van der Waals surface area contributed by atoms with E-state index in [1.54, 1.807) is 19.3 Å². The lowest BCUT2D eigenvalue weighted by atomic mass is 10.2. The first-order valence-electron chi connectivity index (χ1n) is 8.71. The van der Waals surface area contributed by atoms with Gasteiger partial charge in [-0.25, -0.2) is 0 Å². The molecule has 0 spiro atoms. The van der Waals surface area contributed by atoms with Crippen molar-refractivity contribution in [1.82, 2.24) is 5.32 Å². The fourth-order valence-corrected chi connectivity index (χ4v) is 1.60. The summed E-state index contributed by atoms with van der Waals surface area (Å²) in [6, 6.07) is 18.8. The normalized spacial score (nSPS) is 10.0. The Morgan fingerprint density at radius 3 is 1.40 bits per heavy atom. The molecule has 0 fully saturated rings. The Bertz CT molecular complexity index is 575. The third-order valence-corrected chi connectivity index (χ3v) is 2.69. The largest absolute Gasteiger partial charge is 0.508 e. The van der Waals surface area contributed by atoms with Gasteiger partial charge in [0.05, 0.1) is 0 Å². The lowest BCUT2D eigenvalue weighted by Gasteiger charge is -1.97. The second-order valence-corrected chi connectivity index (χ2v) is 4.22. The highest BCUT2D eigenvalue weighted by Gasteiger charge is 1.93. The van der Waals surface area contributed by atoms with Gasteiger partial charge in [-0.1, -0.05) is 88.4 Å². The van der Waals surface area contributed by atoms with Crippen LogP contribution in [0, 0.1) is 0 Å². The van der Waals surface area contributed by atoms with Gasteiger partial charge >= 0.3 is 0 Å². The number of aliphatic hydroxyl groups is 2. The van der Waals surface area contributed by atoms with E-state index in [0.29, 0.717) is 5.76 Å². The topological polar surface area (TPSA) is 52.5 Å². The molecule has 2 rings (SSSR count). The maximum absolute atomic E-state index is 9.32. The molecule has 3 heteroatoms. The van der Waals surface area contributed by atoms with Crippen LogP contribution in [0.1, 0.15) is 45.7 Å². The van der Waals surface area contributed by atoms with Crippen LogP contribution in [0.25, 0.3) is 11.5 Å². The fourth-order valence-electron chi connectivity index (χ4n) is 1.60. The van der Waals surface area contributed by atoms with Crippen LogP contribution in [0.15, 0.2) is 72.9 Å². The highest BCUT2D eigenvalue weighted by molar-refractivity contribution is 5.58. The molecule has 0 amide bonds. The molecule has 0 aliphatic heterocycles. The molecular formula is C22H33NO2. The summed E-state index contributed by atoms with van der Waals surface area (Å²) in [6.07, 6.45) is 3.23. The number of aliphatic hydroxyl groups excluding tert-OH is 2. The average molecular weight is 344 g/mol. The van der Waals surface area contributed by atoms with Gasteiger partial charge in [0.2, 0.25) is 0 Å². The van der Waals surface area contributed by atoms with Crippen molar-refractivity contribution in [3.63, 3.8) is 0 Å². The summed E-state index contributed by atoms with van der Waals surface area (Å²) in [5.74, 6) is 0.591. The first-order chi connectivity index (χ1) is 12.2. The third-order valence-electron chi connectivity index (χ3n) is 2.69. The van der Waals surface area contributed by atoms with Gasteiger partial charge in [0.1, 0.15) is 11.5 Å². The predicted octanol–water partition coefficient (Wildman–Crippen LogP) is 6.42. The number of nitrogens with one attached hydrogen (secondary N) is 1. The van der Waals surface area contributed by atoms with Crippen molar-refractivity contribution >= 4 is 11.5 Å². The van der Waals surface area contributed by atoms with Crippen molar-refractivity contribution in [2.45, 2.75) is 34.6 Å². The van der Waals surface area contributed by atoms with E-state index in [0.717, 1.165) is 11.1 Å². The minimum Gasteiger partial charge on any atom is -0.508 e. The van der Waals surface area contributed by atoms with Gasteiger partial charge in [-0.2, -0.15) is 0 Å². The number of hydrogen-bond donors (Lipinski definition) is 3. The summed E-state index contributed by atoms with van der Waals surface area (Å²) in [5, 5.41) is 21.3. The minimum absolute atomic E-state index is 0.258. The van der Waals surface area contributed by atoms with Gasteiger partial charge in [0, 0.05) is 24.4 Å². The number of rotatable bonds is 3. The van der Waals surface area contributed by atoms with Gasteiger partial charge in [-0.05, 0) is 13.0 Å². The maximum Gasteiger partial charge on any atom is 0.138 e. The van der Waals surface area contributed by atoms with Gasteiger partial charge in [-0.15, -0.1) is 0 Å². The Labute approximate surface area is 153 Å². The van der Waals surface area contributed by atoms with Crippen molar-refractivity contribution in [3.8, 4) is 0 Å². The molecule has 0 bridgehead atoms. The quantitative estimate of drug-likeness (QED) is 0.564. The van der Waals surface area contributed by atoms with E-state index < -0.39 is 0 Å². The molecule has 0 aliphatic rings. The molecule has 0 heterocycles. The zero-order valence-corrected chi connectivity index (χ0v) is 16.3. The van der Waals surface area contributed by atoms with Crippen LogP contribution in [0.2, 0.25) is 0 Å². The van der Waals surface area contributed by atoms with Crippen LogP contribution in [-0.2, 0) is 0 Å². The smallest absolute Gasteiger partial charge is 0.138 e. The zero-order valence-electron chi connectivity index (χ0n) is 16.3. The first-order valence-corrected chi connectivity index (χ1v) is 8.71. The Kier molecular flexibility index (Phi) is 17.4. The van der Waals surface area contributed by atoms with Crippen molar-refractivity contribution < 1.29 is 10.2 Å². The molecule has 0 radical (unpaired) electrons.